The molecule has 0 radical (unpaired) electrons. The lowest BCUT2D eigenvalue weighted by molar-refractivity contribution is -0.145. The second-order valence-electron chi connectivity index (χ2n) is 4.76. The van der Waals surface area contributed by atoms with Gasteiger partial charge in [0.1, 0.15) is 6.04 Å². The quantitative estimate of drug-likeness (QED) is 0.848. The smallest absolute Gasteiger partial charge is 0.329 e. The minimum Gasteiger partial charge on any atom is -0.464 e. The Morgan fingerprint density at radius 3 is 2.57 bits per heavy atom. The molecule has 5 heteroatoms. The van der Waals surface area contributed by atoms with E-state index in [2.05, 4.69) is 27.3 Å². The summed E-state index contributed by atoms with van der Waals surface area (Å²) in [6.07, 6.45) is 0.686. The third-order valence-corrected chi connectivity index (χ3v) is 4.07. The van der Waals surface area contributed by atoms with Gasteiger partial charge in [-0.05, 0) is 31.0 Å². The maximum atomic E-state index is 12.2. The molecule has 1 N–H and O–H groups in total. The van der Waals surface area contributed by atoms with E-state index in [-0.39, 0.29) is 11.9 Å². The van der Waals surface area contributed by atoms with Crippen LogP contribution in [0.3, 0.4) is 0 Å². The van der Waals surface area contributed by atoms with Crippen LogP contribution in [-0.2, 0) is 9.53 Å². The van der Waals surface area contributed by atoms with Gasteiger partial charge in [0.05, 0.1) is 24.2 Å². The van der Waals surface area contributed by atoms with Crippen molar-refractivity contribution in [3.05, 3.63) is 45.6 Å². The third-order valence-electron chi connectivity index (χ3n) is 3.54. The highest BCUT2D eigenvalue weighted by atomic mass is 79.9. The molecule has 0 aliphatic carbocycles. The second-order valence-corrected chi connectivity index (χ2v) is 5.68. The third kappa shape index (κ3) is 3.11. The van der Waals surface area contributed by atoms with Crippen LogP contribution in [0.5, 0.6) is 0 Å². The molecular weight excluding hydrogens is 332 g/mol. The number of hydrogen-bond acceptors (Lipinski definition) is 4. The topological polar surface area (TPSA) is 62.1 Å². The molecule has 1 aliphatic rings. The molecule has 2 rings (SSSR count). The molecule has 0 aromatic heterocycles. The lowest BCUT2D eigenvalue weighted by Gasteiger charge is -2.19. The van der Waals surface area contributed by atoms with Gasteiger partial charge in [-0.3, -0.25) is 0 Å². The standard InChI is InChI=1S/C16H17BrN2O2/c1-3-13-12(9-18)14(10-5-7-11(17)8-6-10)15(19-13)16(20)21-4-2/h5-8,14-15,19H,3-4H2,1-2H3. The fraction of sp³-hybridized carbons (Fsp3) is 0.375. The van der Waals surface area contributed by atoms with Crippen LogP contribution >= 0.6 is 15.9 Å². The molecule has 4 nitrogen and oxygen atoms in total. The van der Waals surface area contributed by atoms with E-state index in [4.69, 9.17) is 4.74 Å². The molecule has 21 heavy (non-hydrogen) atoms. The molecule has 0 saturated carbocycles. The van der Waals surface area contributed by atoms with Gasteiger partial charge in [0.2, 0.25) is 0 Å². The Morgan fingerprint density at radius 2 is 2.05 bits per heavy atom. The van der Waals surface area contributed by atoms with E-state index in [9.17, 15) is 10.1 Å². The summed E-state index contributed by atoms with van der Waals surface area (Å²) in [5.41, 5.74) is 2.38. The Morgan fingerprint density at radius 1 is 1.38 bits per heavy atom. The zero-order chi connectivity index (χ0) is 15.4. The van der Waals surface area contributed by atoms with Crippen molar-refractivity contribution in [3.63, 3.8) is 0 Å². The monoisotopic (exact) mass is 348 g/mol. The number of ether oxygens (including phenoxy) is 1. The predicted molar refractivity (Wildman–Crippen MR) is 83.4 cm³/mol. The highest BCUT2D eigenvalue weighted by Crippen LogP contribution is 2.36. The first-order valence-corrected chi connectivity index (χ1v) is 7.73. The van der Waals surface area contributed by atoms with E-state index in [0.29, 0.717) is 18.6 Å². The number of esters is 1. The van der Waals surface area contributed by atoms with Crippen LogP contribution < -0.4 is 5.32 Å². The molecule has 0 spiro atoms. The zero-order valence-electron chi connectivity index (χ0n) is 12.0. The molecule has 2 atom stereocenters. The second kappa shape index (κ2) is 6.77. The molecule has 1 heterocycles. The molecule has 1 aromatic carbocycles. The highest BCUT2D eigenvalue weighted by Gasteiger charge is 2.40. The summed E-state index contributed by atoms with van der Waals surface area (Å²) >= 11 is 3.40. The van der Waals surface area contributed by atoms with Gasteiger partial charge in [-0.15, -0.1) is 0 Å². The summed E-state index contributed by atoms with van der Waals surface area (Å²) in [5.74, 6) is -0.612. The molecule has 2 unspecified atom stereocenters. The summed E-state index contributed by atoms with van der Waals surface area (Å²) in [6.45, 7) is 4.07. The lowest BCUT2D eigenvalue weighted by Crippen LogP contribution is -2.37. The van der Waals surface area contributed by atoms with Gasteiger partial charge in [0.25, 0.3) is 0 Å². The van der Waals surface area contributed by atoms with E-state index >= 15 is 0 Å². The van der Waals surface area contributed by atoms with Crippen molar-refractivity contribution >= 4 is 21.9 Å². The van der Waals surface area contributed by atoms with E-state index in [1.807, 2.05) is 31.2 Å². The van der Waals surface area contributed by atoms with E-state index < -0.39 is 6.04 Å². The van der Waals surface area contributed by atoms with Crippen LogP contribution in [-0.4, -0.2) is 18.6 Å². The van der Waals surface area contributed by atoms with Crippen LogP contribution in [0.2, 0.25) is 0 Å². The average molecular weight is 349 g/mol. The number of nitriles is 1. The Balaban J connectivity index is 2.43. The summed E-state index contributed by atoms with van der Waals surface area (Å²) in [5, 5.41) is 12.6. The van der Waals surface area contributed by atoms with Crippen molar-refractivity contribution in [3.8, 4) is 6.07 Å². The van der Waals surface area contributed by atoms with Crippen molar-refractivity contribution in [2.45, 2.75) is 32.2 Å². The molecule has 0 amide bonds. The molecule has 0 bridgehead atoms. The summed E-state index contributed by atoms with van der Waals surface area (Å²) in [7, 11) is 0. The number of carbonyl (C=O) groups excluding carboxylic acids is 1. The molecule has 1 aliphatic heterocycles. The van der Waals surface area contributed by atoms with Crippen LogP contribution in [0.4, 0.5) is 0 Å². The average Bonchev–Trinajstić information content (AvgIpc) is 2.87. The minimum atomic E-state index is -0.532. The van der Waals surface area contributed by atoms with Crippen LogP contribution in [0, 0.1) is 11.3 Å². The zero-order valence-corrected chi connectivity index (χ0v) is 13.6. The largest absolute Gasteiger partial charge is 0.464 e. The highest BCUT2D eigenvalue weighted by molar-refractivity contribution is 9.10. The van der Waals surface area contributed by atoms with Crippen LogP contribution in [0.1, 0.15) is 31.7 Å². The number of benzene rings is 1. The number of hydrogen-bond donors (Lipinski definition) is 1. The van der Waals surface area contributed by atoms with Gasteiger partial charge >= 0.3 is 5.97 Å². The van der Waals surface area contributed by atoms with Crippen molar-refractivity contribution in [1.82, 2.24) is 5.32 Å². The number of allylic oxidation sites excluding steroid dienone is 1. The first kappa shape index (κ1) is 15.6. The van der Waals surface area contributed by atoms with Gasteiger partial charge in [-0.1, -0.05) is 35.0 Å². The fourth-order valence-electron chi connectivity index (χ4n) is 2.59. The van der Waals surface area contributed by atoms with Crippen molar-refractivity contribution in [1.29, 1.82) is 5.26 Å². The fourth-order valence-corrected chi connectivity index (χ4v) is 2.85. The molecule has 1 aromatic rings. The SMILES string of the molecule is CCOC(=O)C1NC(CC)=C(C#N)C1c1ccc(Br)cc1. The molecule has 0 saturated heterocycles. The van der Waals surface area contributed by atoms with Crippen molar-refractivity contribution in [2.24, 2.45) is 0 Å². The predicted octanol–water partition coefficient (Wildman–Crippen LogP) is 3.26. The van der Waals surface area contributed by atoms with Gasteiger partial charge in [-0.2, -0.15) is 5.26 Å². The lowest BCUT2D eigenvalue weighted by atomic mass is 9.87. The number of nitrogens with one attached hydrogen (secondary N) is 1. The van der Waals surface area contributed by atoms with Crippen LogP contribution in [0.25, 0.3) is 0 Å². The van der Waals surface area contributed by atoms with E-state index in [0.717, 1.165) is 15.7 Å². The normalized spacial score (nSPS) is 20.9. The Bertz CT molecular complexity index is 602. The molecule has 0 fully saturated rings. The van der Waals surface area contributed by atoms with Gasteiger partial charge < -0.3 is 10.1 Å². The molecule has 110 valence electrons. The number of nitrogens with zero attached hydrogens (tertiary/aromatic N) is 1. The van der Waals surface area contributed by atoms with E-state index in [1.54, 1.807) is 6.92 Å². The minimum absolute atomic E-state index is 0.294. The maximum Gasteiger partial charge on any atom is 0.329 e. The van der Waals surface area contributed by atoms with Crippen LogP contribution in [0.15, 0.2) is 40.0 Å². The Kier molecular flexibility index (Phi) is 5.03. The summed E-state index contributed by atoms with van der Waals surface area (Å²) in [6, 6.07) is 9.41. The van der Waals surface area contributed by atoms with Gasteiger partial charge in [0, 0.05) is 10.2 Å². The summed E-state index contributed by atoms with van der Waals surface area (Å²) in [4.78, 5) is 12.2. The number of halogens is 1. The molecular formula is C16H17BrN2O2. The number of rotatable bonds is 4. The van der Waals surface area contributed by atoms with Gasteiger partial charge in [0.15, 0.2) is 0 Å². The number of carbonyl (C=O) groups is 1. The Labute approximate surface area is 132 Å². The maximum absolute atomic E-state index is 12.2. The Hall–Kier alpha value is -1.80. The van der Waals surface area contributed by atoms with Crippen molar-refractivity contribution in [2.75, 3.05) is 6.61 Å². The van der Waals surface area contributed by atoms with Crippen molar-refractivity contribution < 1.29 is 9.53 Å². The summed E-state index contributed by atoms with van der Waals surface area (Å²) < 4.78 is 6.10. The van der Waals surface area contributed by atoms with E-state index in [1.165, 1.54) is 0 Å². The first-order valence-electron chi connectivity index (χ1n) is 6.94. The van der Waals surface area contributed by atoms with Gasteiger partial charge in [-0.25, -0.2) is 4.79 Å². The first-order chi connectivity index (χ1) is 10.1.